The van der Waals surface area contributed by atoms with Crippen LogP contribution in [0.1, 0.15) is 17.0 Å². The van der Waals surface area contributed by atoms with E-state index in [4.69, 9.17) is 15.2 Å². The van der Waals surface area contributed by atoms with Gasteiger partial charge in [-0.05, 0) is 23.3 Å². The van der Waals surface area contributed by atoms with E-state index in [0.29, 0.717) is 17.3 Å². The summed E-state index contributed by atoms with van der Waals surface area (Å²) in [6.45, 7) is 0.190. The Morgan fingerprint density at radius 1 is 0.853 bits per heavy atom. The van der Waals surface area contributed by atoms with Crippen LogP contribution in [0.25, 0.3) is 0 Å². The van der Waals surface area contributed by atoms with Crippen molar-refractivity contribution in [2.75, 3.05) is 23.3 Å². The Hall–Kier alpha value is -4.79. The largest absolute Gasteiger partial charge is 0.454 e. The van der Waals surface area contributed by atoms with Gasteiger partial charge in [0.2, 0.25) is 12.7 Å². The second-order valence-corrected chi connectivity index (χ2v) is 7.55. The van der Waals surface area contributed by atoms with Gasteiger partial charge < -0.3 is 20.5 Å². The summed E-state index contributed by atoms with van der Waals surface area (Å²) in [6, 6.07) is 24.6. The molecule has 0 unspecified atom stereocenters. The first kappa shape index (κ1) is 21.1. The normalized spacial score (nSPS) is 11.8. The van der Waals surface area contributed by atoms with Gasteiger partial charge in [0.25, 0.3) is 0 Å². The van der Waals surface area contributed by atoms with Crippen LogP contribution in [0.15, 0.2) is 85.2 Å². The first-order chi connectivity index (χ1) is 16.7. The van der Waals surface area contributed by atoms with Crippen molar-refractivity contribution < 1.29 is 14.3 Å². The van der Waals surface area contributed by atoms with E-state index >= 15 is 0 Å². The number of fused-ring (bicyclic) bond motifs is 1. The summed E-state index contributed by atoms with van der Waals surface area (Å²) in [4.78, 5) is 21.6. The zero-order valence-corrected chi connectivity index (χ0v) is 18.1. The molecule has 0 fully saturated rings. The number of nitrogen functional groups attached to an aromatic ring is 1. The number of hydrogen-bond donors (Lipinski definition) is 4. The second kappa shape index (κ2) is 9.37. The average molecular weight is 454 g/mol. The molecule has 9 heteroatoms. The highest BCUT2D eigenvalue weighted by Gasteiger charge is 2.23. The first-order valence-corrected chi connectivity index (χ1v) is 10.6. The minimum Gasteiger partial charge on any atom is -0.454 e. The molecule has 0 saturated heterocycles. The van der Waals surface area contributed by atoms with Gasteiger partial charge in [0, 0.05) is 11.8 Å². The quantitative estimate of drug-likeness (QED) is 0.311. The zero-order chi connectivity index (χ0) is 23.3. The lowest BCUT2D eigenvalue weighted by molar-refractivity contribution is -0.121. The molecule has 34 heavy (non-hydrogen) atoms. The molecular weight excluding hydrogens is 432 g/mol. The van der Waals surface area contributed by atoms with Crippen LogP contribution in [0.3, 0.4) is 0 Å². The highest BCUT2D eigenvalue weighted by atomic mass is 16.7. The van der Waals surface area contributed by atoms with E-state index < -0.39 is 5.92 Å². The van der Waals surface area contributed by atoms with Crippen molar-refractivity contribution in [1.29, 1.82) is 0 Å². The van der Waals surface area contributed by atoms with Gasteiger partial charge in [-0.1, -0.05) is 60.7 Å². The molecule has 1 aromatic heterocycles. The van der Waals surface area contributed by atoms with Crippen LogP contribution >= 0.6 is 0 Å². The third-order valence-corrected chi connectivity index (χ3v) is 5.35. The summed E-state index contributed by atoms with van der Waals surface area (Å²) in [5, 5.41) is 3.14. The maximum absolute atomic E-state index is 13.2. The van der Waals surface area contributed by atoms with Crippen LogP contribution in [0.2, 0.25) is 0 Å². The average Bonchev–Trinajstić information content (AvgIpc) is 3.34. The number of carbonyl (C=O) groups excluding carboxylic acids is 1. The van der Waals surface area contributed by atoms with Crippen LogP contribution in [-0.2, 0) is 4.79 Å². The smallest absolute Gasteiger partial charge is 0.250 e. The molecule has 0 atom stereocenters. The standard InChI is InChI=1S/C25H22N6O3/c26-22-23(29-18-11-12-19-20(13-18)34-15-33-19)27-14-28-24(22)30-31-25(32)21(16-7-3-1-4-8-16)17-9-5-2-6-10-17/h1-14,21H,15,26H2,(H,31,32)(H2,27,28,29,30). The van der Waals surface area contributed by atoms with Crippen molar-refractivity contribution >= 4 is 28.9 Å². The molecular formula is C25H22N6O3. The number of amides is 1. The Labute approximate surface area is 195 Å². The number of rotatable bonds is 7. The monoisotopic (exact) mass is 454 g/mol. The van der Waals surface area contributed by atoms with Gasteiger partial charge in [0.05, 0.1) is 5.92 Å². The maximum Gasteiger partial charge on any atom is 0.250 e. The van der Waals surface area contributed by atoms with Crippen LogP contribution < -0.4 is 31.4 Å². The van der Waals surface area contributed by atoms with Gasteiger partial charge >= 0.3 is 0 Å². The van der Waals surface area contributed by atoms with E-state index in [1.165, 1.54) is 6.33 Å². The first-order valence-electron chi connectivity index (χ1n) is 10.6. The fourth-order valence-corrected chi connectivity index (χ4v) is 3.68. The molecule has 170 valence electrons. The molecule has 0 radical (unpaired) electrons. The second-order valence-electron chi connectivity index (χ2n) is 7.55. The summed E-state index contributed by atoms with van der Waals surface area (Å²) in [7, 11) is 0. The van der Waals surface area contributed by atoms with Crippen LogP contribution in [-0.4, -0.2) is 22.7 Å². The minimum absolute atomic E-state index is 0.190. The number of aromatic nitrogens is 2. The number of hydrogen-bond acceptors (Lipinski definition) is 8. The SMILES string of the molecule is Nc1c(NNC(=O)C(c2ccccc2)c2ccccc2)ncnc1Nc1ccc2c(c1)OCO2. The van der Waals surface area contributed by atoms with Gasteiger partial charge in [-0.15, -0.1) is 0 Å². The molecule has 5 rings (SSSR count). The lowest BCUT2D eigenvalue weighted by Crippen LogP contribution is -2.35. The summed E-state index contributed by atoms with van der Waals surface area (Å²) < 4.78 is 10.7. The topological polar surface area (TPSA) is 123 Å². The molecule has 0 saturated carbocycles. The Morgan fingerprint density at radius 2 is 1.50 bits per heavy atom. The molecule has 2 heterocycles. The van der Waals surface area contributed by atoms with Crippen molar-refractivity contribution in [2.24, 2.45) is 0 Å². The lowest BCUT2D eigenvalue weighted by Gasteiger charge is -2.19. The molecule has 0 bridgehead atoms. The highest BCUT2D eigenvalue weighted by Crippen LogP contribution is 2.36. The van der Waals surface area contributed by atoms with Crippen molar-refractivity contribution in [3.05, 3.63) is 96.3 Å². The third kappa shape index (κ3) is 4.40. The van der Waals surface area contributed by atoms with Gasteiger partial charge in [-0.3, -0.25) is 15.6 Å². The lowest BCUT2D eigenvalue weighted by atomic mass is 9.91. The Balaban J connectivity index is 1.33. The fraction of sp³-hybridized carbons (Fsp3) is 0.0800. The Kier molecular flexibility index (Phi) is 5.81. The molecule has 0 aliphatic carbocycles. The summed E-state index contributed by atoms with van der Waals surface area (Å²) >= 11 is 0. The van der Waals surface area contributed by atoms with Crippen molar-refractivity contribution in [3.63, 3.8) is 0 Å². The summed E-state index contributed by atoms with van der Waals surface area (Å²) in [5.74, 6) is 1.21. The number of nitrogens with one attached hydrogen (secondary N) is 3. The molecule has 5 N–H and O–H groups in total. The predicted molar refractivity (Wildman–Crippen MR) is 129 cm³/mol. The van der Waals surface area contributed by atoms with E-state index in [9.17, 15) is 4.79 Å². The van der Waals surface area contributed by atoms with Gasteiger partial charge in [0.15, 0.2) is 23.1 Å². The third-order valence-electron chi connectivity index (χ3n) is 5.35. The maximum atomic E-state index is 13.2. The van der Waals surface area contributed by atoms with Crippen molar-refractivity contribution in [2.45, 2.75) is 5.92 Å². The van der Waals surface area contributed by atoms with Crippen LogP contribution in [0, 0.1) is 0 Å². The summed E-state index contributed by atoms with van der Waals surface area (Å²) in [6.07, 6.45) is 1.35. The molecule has 0 spiro atoms. The number of benzene rings is 3. The highest BCUT2D eigenvalue weighted by molar-refractivity contribution is 5.89. The van der Waals surface area contributed by atoms with E-state index in [0.717, 1.165) is 16.8 Å². The van der Waals surface area contributed by atoms with Crippen LogP contribution in [0.5, 0.6) is 11.5 Å². The Bertz CT molecular complexity index is 1260. The fourth-order valence-electron chi connectivity index (χ4n) is 3.68. The van der Waals surface area contributed by atoms with Crippen LogP contribution in [0.4, 0.5) is 23.0 Å². The number of anilines is 4. The molecule has 9 nitrogen and oxygen atoms in total. The molecule has 1 aliphatic rings. The molecule has 1 aliphatic heterocycles. The number of nitrogens with two attached hydrogens (primary N) is 1. The van der Waals surface area contributed by atoms with E-state index in [2.05, 4.69) is 26.1 Å². The number of hydrazine groups is 1. The summed E-state index contributed by atoms with van der Waals surface area (Å²) in [5.41, 5.74) is 14.6. The molecule has 3 aromatic carbocycles. The van der Waals surface area contributed by atoms with Crippen molar-refractivity contribution in [3.8, 4) is 11.5 Å². The Morgan fingerprint density at radius 3 is 2.21 bits per heavy atom. The van der Waals surface area contributed by atoms with Gasteiger partial charge in [-0.2, -0.15) is 0 Å². The number of ether oxygens (including phenoxy) is 2. The van der Waals surface area contributed by atoms with E-state index in [1.54, 1.807) is 12.1 Å². The predicted octanol–water partition coefficient (Wildman–Crippen LogP) is 3.81. The van der Waals surface area contributed by atoms with E-state index in [1.807, 2.05) is 66.7 Å². The zero-order valence-electron chi connectivity index (χ0n) is 18.1. The van der Waals surface area contributed by atoms with Gasteiger partial charge in [-0.25, -0.2) is 9.97 Å². The van der Waals surface area contributed by atoms with E-state index in [-0.39, 0.29) is 24.2 Å². The molecule has 4 aromatic rings. The number of carbonyl (C=O) groups is 1. The minimum atomic E-state index is -0.510. The number of nitrogens with zero attached hydrogens (tertiary/aromatic N) is 2. The van der Waals surface area contributed by atoms with Crippen molar-refractivity contribution in [1.82, 2.24) is 15.4 Å². The molecule has 1 amide bonds. The van der Waals surface area contributed by atoms with Gasteiger partial charge in [0.1, 0.15) is 12.0 Å².